The molecule has 3 aromatic rings. The zero-order valence-electron chi connectivity index (χ0n) is 17.1. The molecule has 0 radical (unpaired) electrons. The number of nitrogens with zero attached hydrogens (tertiary/aromatic N) is 1. The third-order valence-corrected chi connectivity index (χ3v) is 6.14. The number of aromatic carboxylic acids is 1. The standard InChI is InChI=1S/C25H19NO4S2/c1-16-3-2-4-20(13-16)26-23(27)22(32-25(26)31)14-17-7-11-21(12-8-17)30-15-18-5-9-19(10-6-18)24(28)29/h2-14H,15H2,1H3,(H,28,29)/b22-14-. The van der Waals surface area contributed by atoms with Gasteiger partial charge in [-0.25, -0.2) is 4.79 Å². The number of ether oxygens (including phenoxy) is 1. The SMILES string of the molecule is Cc1cccc(N2C(=O)/C(=C/c3ccc(OCc4ccc(C(=O)O)cc4)cc3)SC2=S)c1. The van der Waals surface area contributed by atoms with Crippen molar-refractivity contribution in [1.29, 1.82) is 0 Å². The highest BCUT2D eigenvalue weighted by Crippen LogP contribution is 2.36. The Morgan fingerprint density at radius 3 is 2.47 bits per heavy atom. The number of aryl methyl sites for hydroxylation is 1. The van der Waals surface area contributed by atoms with E-state index in [-0.39, 0.29) is 11.5 Å². The summed E-state index contributed by atoms with van der Waals surface area (Å²) in [4.78, 5) is 26.0. The summed E-state index contributed by atoms with van der Waals surface area (Å²) in [5.74, 6) is -0.406. The summed E-state index contributed by atoms with van der Waals surface area (Å²) in [6.07, 6.45) is 1.82. The number of hydrogen-bond donors (Lipinski definition) is 1. The van der Waals surface area contributed by atoms with Crippen LogP contribution in [0.4, 0.5) is 5.69 Å². The van der Waals surface area contributed by atoms with E-state index in [1.54, 1.807) is 29.2 Å². The van der Waals surface area contributed by atoms with Gasteiger partial charge in [-0.2, -0.15) is 0 Å². The molecule has 1 amide bonds. The first-order valence-electron chi connectivity index (χ1n) is 9.80. The van der Waals surface area contributed by atoms with Crippen molar-refractivity contribution in [3.8, 4) is 5.75 Å². The van der Waals surface area contributed by atoms with Gasteiger partial charge in [0.05, 0.1) is 16.2 Å². The van der Waals surface area contributed by atoms with Crippen LogP contribution in [-0.4, -0.2) is 21.3 Å². The number of thioether (sulfide) groups is 1. The molecular weight excluding hydrogens is 442 g/mol. The average Bonchev–Trinajstić information content (AvgIpc) is 3.06. The van der Waals surface area contributed by atoms with Gasteiger partial charge in [-0.3, -0.25) is 9.69 Å². The second kappa shape index (κ2) is 9.38. The highest BCUT2D eigenvalue weighted by atomic mass is 32.2. The lowest BCUT2D eigenvalue weighted by Gasteiger charge is -2.14. The van der Waals surface area contributed by atoms with Crippen LogP contribution in [-0.2, 0) is 11.4 Å². The Kier molecular flexibility index (Phi) is 6.39. The normalized spacial score (nSPS) is 14.8. The number of benzene rings is 3. The maximum atomic E-state index is 12.9. The molecule has 0 saturated carbocycles. The second-order valence-corrected chi connectivity index (χ2v) is 8.89. The first kappa shape index (κ1) is 21.8. The van der Waals surface area contributed by atoms with E-state index in [1.165, 1.54) is 11.8 Å². The third-order valence-electron chi connectivity index (χ3n) is 4.84. The lowest BCUT2D eigenvalue weighted by molar-refractivity contribution is -0.113. The van der Waals surface area contributed by atoms with E-state index in [2.05, 4.69) is 0 Å². The Morgan fingerprint density at radius 1 is 1.09 bits per heavy atom. The zero-order valence-corrected chi connectivity index (χ0v) is 18.8. The quantitative estimate of drug-likeness (QED) is 0.376. The number of hydrogen-bond acceptors (Lipinski definition) is 5. The van der Waals surface area contributed by atoms with Crippen molar-refractivity contribution in [2.24, 2.45) is 0 Å². The van der Waals surface area contributed by atoms with Crippen LogP contribution in [0.25, 0.3) is 6.08 Å². The monoisotopic (exact) mass is 461 g/mol. The number of amides is 1. The van der Waals surface area contributed by atoms with Crippen LogP contribution in [0, 0.1) is 6.92 Å². The molecule has 1 fully saturated rings. The molecule has 1 N–H and O–H groups in total. The summed E-state index contributed by atoms with van der Waals surface area (Å²) in [7, 11) is 0. The number of thiocarbonyl (C=S) groups is 1. The third kappa shape index (κ3) is 4.90. The molecule has 7 heteroatoms. The fraction of sp³-hybridized carbons (Fsp3) is 0.0800. The van der Waals surface area contributed by atoms with Crippen molar-refractivity contribution in [2.75, 3.05) is 4.90 Å². The van der Waals surface area contributed by atoms with Gasteiger partial charge in [-0.05, 0) is 66.1 Å². The van der Waals surface area contributed by atoms with E-state index >= 15 is 0 Å². The average molecular weight is 462 g/mol. The van der Waals surface area contributed by atoms with Gasteiger partial charge in [0, 0.05) is 0 Å². The van der Waals surface area contributed by atoms with Crippen molar-refractivity contribution in [1.82, 2.24) is 0 Å². The van der Waals surface area contributed by atoms with E-state index in [9.17, 15) is 9.59 Å². The van der Waals surface area contributed by atoms with Gasteiger partial charge in [0.2, 0.25) is 0 Å². The molecule has 0 bridgehead atoms. The van der Waals surface area contributed by atoms with Gasteiger partial charge in [0.15, 0.2) is 4.32 Å². The zero-order chi connectivity index (χ0) is 22.7. The molecule has 0 atom stereocenters. The number of carboxylic acids is 1. The fourth-order valence-corrected chi connectivity index (χ4v) is 4.48. The van der Waals surface area contributed by atoms with Crippen molar-refractivity contribution < 1.29 is 19.4 Å². The molecule has 0 aliphatic carbocycles. The van der Waals surface area contributed by atoms with Crippen molar-refractivity contribution in [2.45, 2.75) is 13.5 Å². The van der Waals surface area contributed by atoms with E-state index < -0.39 is 5.97 Å². The number of anilines is 1. The molecule has 1 aliphatic heterocycles. The van der Waals surface area contributed by atoms with Crippen molar-refractivity contribution >= 4 is 51.9 Å². The molecule has 0 unspecified atom stereocenters. The van der Waals surface area contributed by atoms with E-state index in [1.807, 2.05) is 61.5 Å². The largest absolute Gasteiger partial charge is 0.489 e. The topological polar surface area (TPSA) is 66.8 Å². The lowest BCUT2D eigenvalue weighted by Crippen LogP contribution is -2.27. The van der Waals surface area contributed by atoms with Crippen LogP contribution >= 0.6 is 24.0 Å². The minimum Gasteiger partial charge on any atom is -0.489 e. The van der Waals surface area contributed by atoms with Crippen LogP contribution in [0.2, 0.25) is 0 Å². The first-order valence-corrected chi connectivity index (χ1v) is 11.0. The van der Waals surface area contributed by atoms with Crippen LogP contribution in [0.5, 0.6) is 5.75 Å². The Balaban J connectivity index is 1.42. The van der Waals surface area contributed by atoms with Gasteiger partial charge >= 0.3 is 5.97 Å². The molecule has 160 valence electrons. The van der Waals surface area contributed by atoms with Crippen LogP contribution < -0.4 is 9.64 Å². The van der Waals surface area contributed by atoms with Crippen molar-refractivity contribution in [3.63, 3.8) is 0 Å². The van der Waals surface area contributed by atoms with Gasteiger partial charge in [-0.1, -0.05) is 60.4 Å². The Hall–Kier alpha value is -3.42. The Morgan fingerprint density at radius 2 is 1.81 bits per heavy atom. The van der Waals surface area contributed by atoms with Gasteiger partial charge in [0.25, 0.3) is 5.91 Å². The fourth-order valence-electron chi connectivity index (χ4n) is 3.18. The maximum absolute atomic E-state index is 12.9. The molecule has 0 aromatic heterocycles. The smallest absolute Gasteiger partial charge is 0.335 e. The van der Waals surface area contributed by atoms with Gasteiger partial charge in [0.1, 0.15) is 12.4 Å². The summed E-state index contributed by atoms with van der Waals surface area (Å²) < 4.78 is 6.29. The molecule has 4 rings (SSSR count). The highest BCUT2D eigenvalue weighted by molar-refractivity contribution is 8.27. The lowest BCUT2D eigenvalue weighted by atomic mass is 10.1. The predicted molar refractivity (Wildman–Crippen MR) is 131 cm³/mol. The summed E-state index contributed by atoms with van der Waals surface area (Å²) in [6, 6.07) is 21.7. The first-order chi connectivity index (χ1) is 15.4. The molecule has 0 spiro atoms. The summed E-state index contributed by atoms with van der Waals surface area (Å²) >= 11 is 6.72. The molecular formula is C25H19NO4S2. The molecule has 5 nitrogen and oxygen atoms in total. The molecule has 3 aromatic carbocycles. The number of rotatable bonds is 6. The Labute approximate surface area is 195 Å². The molecule has 1 heterocycles. The van der Waals surface area contributed by atoms with E-state index in [0.29, 0.717) is 21.6 Å². The van der Waals surface area contributed by atoms with E-state index in [4.69, 9.17) is 22.1 Å². The summed E-state index contributed by atoms with van der Waals surface area (Å²) in [5.41, 5.74) is 3.82. The van der Waals surface area contributed by atoms with Gasteiger partial charge < -0.3 is 9.84 Å². The minimum absolute atomic E-state index is 0.129. The van der Waals surface area contributed by atoms with Crippen LogP contribution in [0.3, 0.4) is 0 Å². The minimum atomic E-state index is -0.955. The summed E-state index contributed by atoms with van der Waals surface area (Å²) in [5, 5.41) is 8.96. The van der Waals surface area contributed by atoms with E-state index in [0.717, 1.165) is 22.4 Å². The number of carbonyl (C=O) groups excluding carboxylic acids is 1. The second-order valence-electron chi connectivity index (χ2n) is 7.22. The Bertz CT molecular complexity index is 1220. The highest BCUT2D eigenvalue weighted by Gasteiger charge is 2.33. The summed E-state index contributed by atoms with van der Waals surface area (Å²) in [6.45, 7) is 2.31. The van der Waals surface area contributed by atoms with Crippen LogP contribution in [0.15, 0.2) is 77.7 Å². The predicted octanol–water partition coefficient (Wildman–Crippen LogP) is 5.68. The number of carboxylic acid groups (broad SMARTS) is 1. The van der Waals surface area contributed by atoms with Crippen LogP contribution in [0.1, 0.15) is 27.0 Å². The van der Waals surface area contributed by atoms with Crippen molar-refractivity contribution in [3.05, 3.63) is 100.0 Å². The maximum Gasteiger partial charge on any atom is 0.335 e. The molecule has 32 heavy (non-hydrogen) atoms. The number of carbonyl (C=O) groups is 2. The molecule has 1 saturated heterocycles. The molecule has 1 aliphatic rings. The van der Waals surface area contributed by atoms with Gasteiger partial charge in [-0.15, -0.1) is 0 Å².